The van der Waals surface area contributed by atoms with Gasteiger partial charge in [0.1, 0.15) is 0 Å². The van der Waals surface area contributed by atoms with E-state index >= 15 is 0 Å². The molecule has 0 aliphatic carbocycles. The van der Waals surface area contributed by atoms with Gasteiger partial charge in [0.25, 0.3) is 0 Å². The number of piperazine rings is 1. The van der Waals surface area contributed by atoms with Crippen molar-refractivity contribution in [3.63, 3.8) is 0 Å². The molecule has 1 fully saturated rings. The predicted molar refractivity (Wildman–Crippen MR) is 92.5 cm³/mol. The number of likely N-dealkylation sites (N-methyl/N-ethyl adjacent to an activating group) is 1. The summed E-state index contributed by atoms with van der Waals surface area (Å²) >= 11 is 6.03. The number of carbonyl (C=O) groups excluding carboxylic acids is 1. The highest BCUT2D eigenvalue weighted by molar-refractivity contribution is 6.30. The Morgan fingerprint density at radius 3 is 2.70 bits per heavy atom. The van der Waals surface area contributed by atoms with Crippen LogP contribution in [0.5, 0.6) is 0 Å². The second-order valence-corrected chi connectivity index (χ2v) is 6.51. The summed E-state index contributed by atoms with van der Waals surface area (Å²) in [5.74, 6) is 0.0656. The number of nitrogens with zero attached hydrogens (tertiary/aromatic N) is 4. The van der Waals surface area contributed by atoms with Crippen LogP contribution in [0.25, 0.3) is 0 Å². The Kier molecular flexibility index (Phi) is 6.26. The first kappa shape index (κ1) is 17.6. The van der Waals surface area contributed by atoms with Gasteiger partial charge in [0.15, 0.2) is 0 Å². The fraction of sp³-hybridized carbons (Fsp3) is 0.529. The largest absolute Gasteiger partial charge is 0.368 e. The Hall–Kier alpha value is -1.77. The van der Waals surface area contributed by atoms with Gasteiger partial charge in [-0.3, -0.25) is 9.69 Å². The molecule has 0 N–H and O–H groups in total. The molecule has 1 atom stereocenters. The third kappa shape index (κ3) is 5.12. The van der Waals surface area contributed by atoms with E-state index in [-0.39, 0.29) is 11.8 Å². The van der Waals surface area contributed by atoms with Crippen LogP contribution in [0.4, 0.5) is 5.69 Å². The topological polar surface area (TPSA) is 50.6 Å². The van der Waals surface area contributed by atoms with Crippen LogP contribution in [0.1, 0.15) is 6.92 Å². The molecule has 6 heteroatoms. The number of nitriles is 1. The Morgan fingerprint density at radius 2 is 2.09 bits per heavy atom. The molecular formula is C17H23ClN4O. The zero-order valence-electron chi connectivity index (χ0n) is 13.7. The molecule has 1 aromatic rings. The van der Waals surface area contributed by atoms with Crippen molar-refractivity contribution in [3.05, 3.63) is 29.3 Å². The van der Waals surface area contributed by atoms with E-state index in [1.165, 1.54) is 0 Å². The van der Waals surface area contributed by atoms with Crippen LogP contribution in [0.15, 0.2) is 24.3 Å². The molecule has 0 radical (unpaired) electrons. The molecule has 1 amide bonds. The van der Waals surface area contributed by atoms with Gasteiger partial charge in [-0.25, -0.2) is 0 Å². The van der Waals surface area contributed by atoms with E-state index in [0.717, 1.165) is 23.8 Å². The minimum absolute atomic E-state index is 0.0625. The zero-order valence-corrected chi connectivity index (χ0v) is 14.5. The minimum Gasteiger partial charge on any atom is -0.368 e. The highest BCUT2D eigenvalue weighted by atomic mass is 35.5. The maximum atomic E-state index is 12.3. The van der Waals surface area contributed by atoms with Crippen molar-refractivity contribution < 1.29 is 4.79 Å². The number of carbonyl (C=O) groups is 1. The second kappa shape index (κ2) is 8.19. The molecule has 2 rings (SSSR count). The Bertz CT molecular complexity index is 578. The van der Waals surface area contributed by atoms with Crippen molar-refractivity contribution in [1.29, 1.82) is 5.26 Å². The van der Waals surface area contributed by atoms with Gasteiger partial charge >= 0.3 is 0 Å². The number of hydrogen-bond acceptors (Lipinski definition) is 4. The first-order valence-electron chi connectivity index (χ1n) is 7.86. The normalized spacial score (nSPS) is 16.3. The summed E-state index contributed by atoms with van der Waals surface area (Å²) in [7, 11) is 1.88. The summed E-state index contributed by atoms with van der Waals surface area (Å²) in [6.07, 6.45) is 0. The lowest BCUT2D eigenvalue weighted by Gasteiger charge is -2.36. The molecule has 0 aromatic heterocycles. The standard InChI is InChI=1S/C17H23ClN4O/c1-14(11-19)12-20(2)13-17(23)22-8-6-21(7-9-22)16-5-3-4-15(18)10-16/h3-5,10,14H,6-9,12-13H2,1-2H3. The van der Waals surface area contributed by atoms with Crippen molar-refractivity contribution >= 4 is 23.2 Å². The molecule has 0 spiro atoms. The average Bonchev–Trinajstić information content (AvgIpc) is 2.54. The van der Waals surface area contributed by atoms with Crippen molar-refractivity contribution in [2.45, 2.75) is 6.92 Å². The van der Waals surface area contributed by atoms with Crippen molar-refractivity contribution in [2.75, 3.05) is 51.2 Å². The van der Waals surface area contributed by atoms with E-state index in [0.29, 0.717) is 26.2 Å². The molecular weight excluding hydrogens is 312 g/mol. The van der Waals surface area contributed by atoms with Gasteiger partial charge in [0.05, 0.1) is 18.5 Å². The lowest BCUT2D eigenvalue weighted by molar-refractivity contribution is -0.132. The molecule has 0 saturated carbocycles. The van der Waals surface area contributed by atoms with Gasteiger partial charge in [-0.1, -0.05) is 17.7 Å². The van der Waals surface area contributed by atoms with Crippen molar-refractivity contribution in [2.24, 2.45) is 5.92 Å². The number of amides is 1. The summed E-state index contributed by atoms with van der Waals surface area (Å²) < 4.78 is 0. The first-order chi connectivity index (χ1) is 11.0. The predicted octanol–water partition coefficient (Wildman–Crippen LogP) is 2.08. The maximum absolute atomic E-state index is 12.3. The quantitative estimate of drug-likeness (QED) is 0.827. The first-order valence-corrected chi connectivity index (χ1v) is 8.24. The van der Waals surface area contributed by atoms with Crippen molar-refractivity contribution in [1.82, 2.24) is 9.80 Å². The van der Waals surface area contributed by atoms with E-state index in [1.54, 1.807) is 0 Å². The molecule has 1 aliphatic rings. The van der Waals surface area contributed by atoms with Gasteiger partial charge in [-0.2, -0.15) is 5.26 Å². The van der Waals surface area contributed by atoms with Gasteiger partial charge in [0, 0.05) is 43.4 Å². The Labute approximate surface area is 143 Å². The highest BCUT2D eigenvalue weighted by Gasteiger charge is 2.22. The SMILES string of the molecule is CC(C#N)CN(C)CC(=O)N1CCN(c2cccc(Cl)c2)CC1. The summed E-state index contributed by atoms with van der Waals surface area (Å²) in [6.45, 7) is 5.90. The maximum Gasteiger partial charge on any atom is 0.236 e. The second-order valence-electron chi connectivity index (χ2n) is 6.07. The molecule has 5 nitrogen and oxygen atoms in total. The molecule has 1 aliphatic heterocycles. The monoisotopic (exact) mass is 334 g/mol. The lowest BCUT2D eigenvalue weighted by atomic mass is 10.2. The van der Waals surface area contributed by atoms with E-state index in [9.17, 15) is 4.79 Å². The van der Waals surface area contributed by atoms with Gasteiger partial charge in [-0.15, -0.1) is 0 Å². The smallest absolute Gasteiger partial charge is 0.236 e. The number of hydrogen-bond donors (Lipinski definition) is 0. The van der Waals surface area contributed by atoms with Gasteiger partial charge in [-0.05, 0) is 32.2 Å². The van der Waals surface area contributed by atoms with Crippen LogP contribution in [-0.2, 0) is 4.79 Å². The van der Waals surface area contributed by atoms with E-state index in [4.69, 9.17) is 16.9 Å². The highest BCUT2D eigenvalue weighted by Crippen LogP contribution is 2.20. The number of rotatable bonds is 5. The van der Waals surface area contributed by atoms with Gasteiger partial charge in [0.2, 0.25) is 5.91 Å². The van der Waals surface area contributed by atoms with E-state index in [1.807, 2.05) is 48.0 Å². The molecule has 124 valence electrons. The summed E-state index contributed by atoms with van der Waals surface area (Å²) in [5.41, 5.74) is 1.10. The molecule has 1 unspecified atom stereocenters. The van der Waals surface area contributed by atoms with Crippen LogP contribution >= 0.6 is 11.6 Å². The molecule has 1 aromatic carbocycles. The number of anilines is 1. The summed E-state index contributed by atoms with van der Waals surface area (Å²) in [5, 5.41) is 9.57. The molecule has 0 bridgehead atoms. The van der Waals surface area contributed by atoms with E-state index < -0.39 is 0 Å². The van der Waals surface area contributed by atoms with Crippen LogP contribution in [0.3, 0.4) is 0 Å². The van der Waals surface area contributed by atoms with Crippen LogP contribution in [-0.4, -0.2) is 62.0 Å². The minimum atomic E-state index is -0.0625. The molecule has 1 heterocycles. The van der Waals surface area contributed by atoms with Crippen LogP contribution in [0, 0.1) is 17.2 Å². The summed E-state index contributed by atoms with van der Waals surface area (Å²) in [6, 6.07) is 10.00. The third-order valence-corrected chi connectivity index (χ3v) is 4.25. The fourth-order valence-corrected chi connectivity index (χ4v) is 2.98. The van der Waals surface area contributed by atoms with Crippen LogP contribution in [0.2, 0.25) is 5.02 Å². The zero-order chi connectivity index (χ0) is 16.8. The van der Waals surface area contributed by atoms with Crippen molar-refractivity contribution in [3.8, 4) is 6.07 Å². The molecule has 23 heavy (non-hydrogen) atoms. The number of halogens is 1. The average molecular weight is 335 g/mol. The van der Waals surface area contributed by atoms with E-state index in [2.05, 4.69) is 11.0 Å². The lowest BCUT2D eigenvalue weighted by Crippen LogP contribution is -2.51. The molecule has 1 saturated heterocycles. The fourth-order valence-electron chi connectivity index (χ4n) is 2.79. The Morgan fingerprint density at radius 1 is 1.39 bits per heavy atom. The number of benzene rings is 1. The van der Waals surface area contributed by atoms with Crippen LogP contribution < -0.4 is 4.90 Å². The Balaban J connectivity index is 1.82. The summed E-state index contributed by atoms with van der Waals surface area (Å²) in [4.78, 5) is 18.4. The van der Waals surface area contributed by atoms with Gasteiger partial charge < -0.3 is 9.80 Å². The third-order valence-electron chi connectivity index (χ3n) is 4.02.